The van der Waals surface area contributed by atoms with Crippen molar-refractivity contribution in [2.75, 3.05) is 11.4 Å². The first kappa shape index (κ1) is 20.6. The Morgan fingerprint density at radius 1 is 1.23 bits per heavy atom. The fourth-order valence-corrected chi connectivity index (χ4v) is 3.87. The fraction of sp³-hybridized carbons (Fsp3) is 0.190. The molecule has 4 N–H and O–H groups in total. The van der Waals surface area contributed by atoms with Crippen molar-refractivity contribution < 1.29 is 9.59 Å². The average molecular weight is 436 g/mol. The van der Waals surface area contributed by atoms with Crippen LogP contribution in [-0.4, -0.2) is 38.8 Å². The van der Waals surface area contributed by atoms with Crippen molar-refractivity contribution in [1.82, 2.24) is 25.3 Å². The topological polar surface area (TPSA) is 130 Å². The maximum Gasteiger partial charge on any atom is 0.267 e. The van der Waals surface area contributed by atoms with E-state index in [2.05, 4.69) is 25.3 Å². The number of thiazole rings is 1. The van der Waals surface area contributed by atoms with Crippen LogP contribution in [0.5, 0.6) is 0 Å². The van der Waals surface area contributed by atoms with Crippen molar-refractivity contribution in [2.24, 2.45) is 5.73 Å². The maximum atomic E-state index is 11.6. The molecule has 0 fully saturated rings. The molecule has 0 radical (unpaired) electrons. The number of nitrogens with zero attached hydrogens (tertiary/aromatic N) is 4. The predicted molar refractivity (Wildman–Crippen MR) is 119 cm³/mol. The van der Waals surface area contributed by atoms with Crippen LogP contribution in [0.1, 0.15) is 26.9 Å². The molecule has 10 heteroatoms. The van der Waals surface area contributed by atoms with E-state index in [1.165, 1.54) is 22.4 Å². The molecule has 3 aromatic heterocycles. The zero-order valence-electron chi connectivity index (χ0n) is 16.6. The van der Waals surface area contributed by atoms with Crippen molar-refractivity contribution in [3.63, 3.8) is 0 Å². The summed E-state index contributed by atoms with van der Waals surface area (Å²) in [7, 11) is 0. The Labute approximate surface area is 182 Å². The van der Waals surface area contributed by atoms with E-state index in [0.717, 1.165) is 46.8 Å². The normalized spacial score (nSPS) is 11.0. The number of primary amides is 1. The molecule has 0 unspecified atom stereocenters. The number of H-pyrrole nitrogens is 1. The molecular weight excluding hydrogens is 414 g/mol. The molecule has 1 aromatic carbocycles. The standard InChI is InChI=1S/C21H21N7O2S/c22-21(30)17-6-5-14(9-24-17)11-28(13-29)19-12-31-20(27-19)7-8-23-10-18-25-15-3-1-2-4-16(15)26-18/h1-6,9,12-13,23H,7-8,10-11H2,(H2,22,30)(H,25,26). The second-order valence-electron chi connectivity index (χ2n) is 6.88. The molecule has 0 atom stereocenters. The minimum absolute atomic E-state index is 0.187. The molecule has 0 saturated carbocycles. The Bertz CT molecular complexity index is 1150. The molecule has 3 heterocycles. The summed E-state index contributed by atoms with van der Waals surface area (Å²) in [6, 6.07) is 11.2. The number of nitrogens with two attached hydrogens (primary N) is 1. The van der Waals surface area contributed by atoms with E-state index in [1.54, 1.807) is 12.1 Å². The van der Waals surface area contributed by atoms with Crippen molar-refractivity contribution in [2.45, 2.75) is 19.5 Å². The lowest BCUT2D eigenvalue weighted by Crippen LogP contribution is -2.21. The van der Waals surface area contributed by atoms with Crippen LogP contribution in [0.25, 0.3) is 11.0 Å². The first-order valence-corrected chi connectivity index (χ1v) is 10.6. The van der Waals surface area contributed by atoms with Gasteiger partial charge in [0, 0.05) is 24.5 Å². The van der Waals surface area contributed by atoms with Gasteiger partial charge in [-0.05, 0) is 23.8 Å². The van der Waals surface area contributed by atoms with Gasteiger partial charge in [0.1, 0.15) is 17.3 Å². The Kier molecular flexibility index (Phi) is 6.29. The average Bonchev–Trinajstić information content (AvgIpc) is 3.42. The third kappa shape index (κ3) is 5.11. The molecule has 4 rings (SSSR count). The molecule has 9 nitrogen and oxygen atoms in total. The van der Waals surface area contributed by atoms with Gasteiger partial charge in [0.25, 0.3) is 5.91 Å². The van der Waals surface area contributed by atoms with Crippen molar-refractivity contribution in [1.29, 1.82) is 0 Å². The summed E-state index contributed by atoms with van der Waals surface area (Å²) >= 11 is 1.51. The molecule has 0 aliphatic rings. The van der Waals surface area contributed by atoms with E-state index >= 15 is 0 Å². The number of rotatable bonds is 10. The van der Waals surface area contributed by atoms with E-state index in [1.807, 2.05) is 29.6 Å². The highest BCUT2D eigenvalue weighted by atomic mass is 32.1. The molecule has 4 aromatic rings. The number of aromatic nitrogens is 4. The SMILES string of the molecule is NC(=O)c1ccc(CN(C=O)c2csc(CCNCc3nc4ccccc4[nH]3)n2)cn1. The van der Waals surface area contributed by atoms with E-state index < -0.39 is 5.91 Å². The molecule has 0 aliphatic carbocycles. The largest absolute Gasteiger partial charge is 0.364 e. The summed E-state index contributed by atoms with van der Waals surface area (Å²) < 4.78 is 0. The Balaban J connectivity index is 1.29. The van der Waals surface area contributed by atoms with Crippen LogP contribution in [-0.2, 0) is 24.3 Å². The van der Waals surface area contributed by atoms with E-state index in [-0.39, 0.29) is 5.69 Å². The van der Waals surface area contributed by atoms with Gasteiger partial charge in [-0.1, -0.05) is 18.2 Å². The predicted octanol–water partition coefficient (Wildman–Crippen LogP) is 2.01. The number of anilines is 1. The van der Waals surface area contributed by atoms with Gasteiger partial charge >= 0.3 is 0 Å². The Morgan fingerprint density at radius 3 is 2.84 bits per heavy atom. The van der Waals surface area contributed by atoms with Gasteiger partial charge in [0.05, 0.1) is 29.1 Å². The third-order valence-electron chi connectivity index (χ3n) is 4.64. The van der Waals surface area contributed by atoms with Gasteiger partial charge in [0.15, 0.2) is 0 Å². The number of hydrogen-bond donors (Lipinski definition) is 3. The van der Waals surface area contributed by atoms with E-state index in [9.17, 15) is 9.59 Å². The van der Waals surface area contributed by atoms with Crippen LogP contribution in [0, 0.1) is 0 Å². The molecule has 0 saturated heterocycles. The quantitative estimate of drug-likeness (QED) is 0.258. The van der Waals surface area contributed by atoms with Crippen LogP contribution < -0.4 is 16.0 Å². The molecule has 0 spiro atoms. The number of amides is 2. The summed E-state index contributed by atoms with van der Waals surface area (Å²) in [6.45, 7) is 1.69. The Hall–Kier alpha value is -3.63. The van der Waals surface area contributed by atoms with Gasteiger partial charge in [0.2, 0.25) is 6.41 Å². The number of carbonyl (C=O) groups is 2. The number of carbonyl (C=O) groups excluding carboxylic acids is 2. The highest BCUT2D eigenvalue weighted by Crippen LogP contribution is 2.20. The lowest BCUT2D eigenvalue weighted by Gasteiger charge is -2.14. The first-order valence-electron chi connectivity index (χ1n) is 9.68. The van der Waals surface area contributed by atoms with Crippen LogP contribution in [0.3, 0.4) is 0 Å². The van der Waals surface area contributed by atoms with E-state index in [0.29, 0.717) is 18.9 Å². The number of imidazole rings is 1. The molecule has 158 valence electrons. The van der Waals surface area contributed by atoms with Crippen molar-refractivity contribution >= 4 is 40.5 Å². The molecule has 2 amide bonds. The summed E-state index contributed by atoms with van der Waals surface area (Å²) in [6.07, 6.45) is 3.01. The number of benzene rings is 1. The number of nitrogens with one attached hydrogen (secondary N) is 2. The number of para-hydroxylation sites is 2. The first-order chi connectivity index (χ1) is 15.1. The van der Waals surface area contributed by atoms with Gasteiger partial charge in [-0.25, -0.2) is 9.97 Å². The zero-order valence-corrected chi connectivity index (χ0v) is 17.4. The minimum Gasteiger partial charge on any atom is -0.364 e. The number of aromatic amines is 1. The van der Waals surface area contributed by atoms with Gasteiger partial charge in [-0.2, -0.15) is 0 Å². The fourth-order valence-electron chi connectivity index (χ4n) is 3.07. The number of hydrogen-bond acceptors (Lipinski definition) is 7. The summed E-state index contributed by atoms with van der Waals surface area (Å²) in [4.78, 5) is 40.6. The zero-order chi connectivity index (χ0) is 21.6. The lowest BCUT2D eigenvalue weighted by molar-refractivity contribution is -0.107. The highest BCUT2D eigenvalue weighted by molar-refractivity contribution is 7.10. The second-order valence-corrected chi connectivity index (χ2v) is 7.82. The summed E-state index contributed by atoms with van der Waals surface area (Å²) in [5.41, 5.74) is 8.14. The number of fused-ring (bicyclic) bond motifs is 1. The summed E-state index contributed by atoms with van der Waals surface area (Å²) in [5.74, 6) is 0.896. The smallest absolute Gasteiger partial charge is 0.267 e. The third-order valence-corrected chi connectivity index (χ3v) is 5.53. The van der Waals surface area contributed by atoms with Crippen LogP contribution >= 0.6 is 11.3 Å². The molecule has 0 aliphatic heterocycles. The molecular formula is C21H21N7O2S. The van der Waals surface area contributed by atoms with E-state index in [4.69, 9.17) is 5.73 Å². The summed E-state index contributed by atoms with van der Waals surface area (Å²) in [5, 5.41) is 6.15. The van der Waals surface area contributed by atoms with Crippen LogP contribution in [0.15, 0.2) is 48.0 Å². The van der Waals surface area contributed by atoms with Crippen LogP contribution in [0.2, 0.25) is 0 Å². The number of pyridine rings is 1. The Morgan fingerprint density at radius 2 is 2.10 bits per heavy atom. The minimum atomic E-state index is -0.586. The molecule has 31 heavy (non-hydrogen) atoms. The second kappa shape index (κ2) is 9.45. The van der Waals surface area contributed by atoms with Gasteiger partial charge < -0.3 is 16.0 Å². The van der Waals surface area contributed by atoms with Gasteiger partial charge in [-0.3, -0.25) is 19.5 Å². The highest BCUT2D eigenvalue weighted by Gasteiger charge is 2.12. The lowest BCUT2D eigenvalue weighted by atomic mass is 10.2. The monoisotopic (exact) mass is 435 g/mol. The van der Waals surface area contributed by atoms with Crippen molar-refractivity contribution in [3.8, 4) is 0 Å². The van der Waals surface area contributed by atoms with Crippen LogP contribution in [0.4, 0.5) is 5.82 Å². The van der Waals surface area contributed by atoms with Gasteiger partial charge in [-0.15, -0.1) is 11.3 Å². The molecule has 0 bridgehead atoms. The van der Waals surface area contributed by atoms with Crippen molar-refractivity contribution in [3.05, 3.63) is 70.1 Å². The maximum absolute atomic E-state index is 11.6.